The summed E-state index contributed by atoms with van der Waals surface area (Å²) in [7, 11) is 1.63. The topological polar surface area (TPSA) is 84.3 Å². The van der Waals surface area contributed by atoms with Crippen LogP contribution in [0.1, 0.15) is 51.4 Å². The number of nitrogens with one attached hydrogen (secondary N) is 2. The van der Waals surface area contributed by atoms with Gasteiger partial charge in [-0.05, 0) is 73.6 Å². The Hall–Kier alpha value is -4.40. The lowest BCUT2D eigenvalue weighted by Gasteiger charge is -2.37. The number of benzene rings is 2. The number of hydrogen-bond donors (Lipinski definition) is 2. The number of aromatic nitrogens is 3. The van der Waals surface area contributed by atoms with Gasteiger partial charge in [0, 0.05) is 36.9 Å². The van der Waals surface area contributed by atoms with Crippen LogP contribution in [0.2, 0.25) is 0 Å². The highest BCUT2D eigenvalue weighted by molar-refractivity contribution is 6.02. The van der Waals surface area contributed by atoms with Crippen molar-refractivity contribution in [3.8, 4) is 11.6 Å². The fraction of sp³-hybridized carbons (Fsp3) is 0.382. The van der Waals surface area contributed by atoms with Crippen molar-refractivity contribution >= 4 is 39.8 Å². The Morgan fingerprint density at radius 2 is 1.84 bits per heavy atom. The molecule has 6 rings (SSSR count). The number of carbonyl (C=O) groups is 1. The van der Waals surface area contributed by atoms with Crippen LogP contribution in [-0.2, 0) is 4.79 Å². The van der Waals surface area contributed by atoms with Crippen LogP contribution in [0, 0.1) is 17.7 Å². The highest BCUT2D eigenvalue weighted by Crippen LogP contribution is 2.41. The van der Waals surface area contributed by atoms with Gasteiger partial charge < -0.3 is 24.8 Å². The van der Waals surface area contributed by atoms with Crippen LogP contribution in [0.4, 0.5) is 27.4 Å². The Morgan fingerprint density at radius 1 is 1.05 bits per heavy atom. The second kappa shape index (κ2) is 12.9. The first-order chi connectivity index (χ1) is 21.0. The Labute approximate surface area is 252 Å². The van der Waals surface area contributed by atoms with Gasteiger partial charge in [-0.2, -0.15) is 4.98 Å². The molecule has 0 spiro atoms. The second-order valence-electron chi connectivity index (χ2n) is 11.7. The number of methoxy groups -OCH3 is 1. The summed E-state index contributed by atoms with van der Waals surface area (Å²) in [5.74, 6) is 2.69. The Kier molecular flexibility index (Phi) is 8.58. The predicted molar refractivity (Wildman–Crippen MR) is 170 cm³/mol. The third kappa shape index (κ3) is 6.50. The van der Waals surface area contributed by atoms with E-state index < -0.39 is 0 Å². The molecule has 8 nitrogen and oxygen atoms in total. The zero-order chi connectivity index (χ0) is 29.8. The van der Waals surface area contributed by atoms with Crippen molar-refractivity contribution in [3.63, 3.8) is 0 Å². The summed E-state index contributed by atoms with van der Waals surface area (Å²) >= 11 is 0. The van der Waals surface area contributed by atoms with Gasteiger partial charge in [-0.15, -0.1) is 0 Å². The first-order valence-corrected chi connectivity index (χ1v) is 15.3. The van der Waals surface area contributed by atoms with Gasteiger partial charge >= 0.3 is 0 Å². The van der Waals surface area contributed by atoms with E-state index in [9.17, 15) is 9.18 Å². The van der Waals surface area contributed by atoms with Crippen molar-refractivity contribution in [1.82, 2.24) is 14.5 Å². The van der Waals surface area contributed by atoms with E-state index in [2.05, 4.69) is 27.1 Å². The van der Waals surface area contributed by atoms with Gasteiger partial charge in [-0.1, -0.05) is 38.7 Å². The molecule has 1 aliphatic heterocycles. The van der Waals surface area contributed by atoms with Crippen molar-refractivity contribution in [2.24, 2.45) is 11.8 Å². The summed E-state index contributed by atoms with van der Waals surface area (Å²) < 4.78 is 21.4. The number of piperidine rings is 1. The molecule has 4 aromatic rings. The first kappa shape index (κ1) is 28.7. The number of amides is 1. The highest BCUT2D eigenvalue weighted by atomic mass is 19.1. The molecule has 2 aromatic carbocycles. The number of halogens is 1. The third-order valence-electron chi connectivity index (χ3n) is 8.89. The third-order valence-corrected chi connectivity index (χ3v) is 8.89. The maximum Gasteiger partial charge on any atom is 0.247 e. The minimum atomic E-state index is -0.283. The molecule has 9 heteroatoms. The number of fused-ring (bicyclic) bond motifs is 1. The molecule has 2 N–H and O–H groups in total. The van der Waals surface area contributed by atoms with Crippen LogP contribution in [0.15, 0.2) is 67.5 Å². The smallest absolute Gasteiger partial charge is 0.247 e. The van der Waals surface area contributed by atoms with Crippen LogP contribution in [-0.4, -0.2) is 40.6 Å². The summed E-state index contributed by atoms with van der Waals surface area (Å²) in [6, 6.07) is 12.1. The molecule has 1 aliphatic carbocycles. The molecule has 3 heterocycles. The zero-order valence-electron chi connectivity index (χ0n) is 24.7. The SMILES string of the molecule is C=CC(=O)Nc1cc(Nc2nccc(-n3ccc4cc(F)ccc43)n2)c(OC)cc1N1CCC(CC2CCCCC2)CC1. The minimum Gasteiger partial charge on any atom is -0.494 e. The molecule has 2 aliphatic rings. The predicted octanol–water partition coefficient (Wildman–Crippen LogP) is 7.62. The van der Waals surface area contributed by atoms with Crippen LogP contribution < -0.4 is 20.3 Å². The molecule has 2 aromatic heterocycles. The number of anilines is 4. The lowest BCUT2D eigenvalue weighted by Crippen LogP contribution is -2.35. The standard InChI is InChI=1S/C34H39FN6O2/c1-3-33(42)37-27-21-28(38-34-36-15-11-32(39-34)41-18-14-25-20-26(35)9-10-29(25)41)31(43-2)22-30(27)40-16-12-24(13-17-40)19-23-7-5-4-6-8-23/h3,9-11,14-15,18,20-24H,1,4-8,12-13,16-17,19H2,2H3,(H,37,42)(H,36,38,39). The summed E-state index contributed by atoms with van der Waals surface area (Å²) in [5.41, 5.74) is 3.06. The summed E-state index contributed by atoms with van der Waals surface area (Å²) in [6.07, 6.45) is 15.4. The molecule has 1 amide bonds. The summed E-state index contributed by atoms with van der Waals surface area (Å²) in [4.78, 5) is 23.9. The molecule has 224 valence electrons. The Morgan fingerprint density at radius 3 is 2.60 bits per heavy atom. The van der Waals surface area contributed by atoms with Crippen molar-refractivity contribution in [3.05, 3.63) is 73.3 Å². The van der Waals surface area contributed by atoms with E-state index in [1.54, 1.807) is 25.4 Å². The molecule has 43 heavy (non-hydrogen) atoms. The quantitative estimate of drug-likeness (QED) is 0.198. The summed E-state index contributed by atoms with van der Waals surface area (Å²) in [5, 5.41) is 7.06. The van der Waals surface area contributed by atoms with E-state index in [0.29, 0.717) is 28.9 Å². The summed E-state index contributed by atoms with van der Waals surface area (Å²) in [6.45, 7) is 5.51. The van der Waals surface area contributed by atoms with Gasteiger partial charge in [0.25, 0.3) is 0 Å². The molecular weight excluding hydrogens is 543 g/mol. The minimum absolute atomic E-state index is 0.279. The Balaban J connectivity index is 1.24. The van der Waals surface area contributed by atoms with Crippen molar-refractivity contribution in [1.29, 1.82) is 0 Å². The van der Waals surface area contributed by atoms with Gasteiger partial charge in [0.05, 0.1) is 29.7 Å². The lowest BCUT2D eigenvalue weighted by molar-refractivity contribution is -0.111. The van der Waals surface area contributed by atoms with Crippen LogP contribution in [0.25, 0.3) is 16.7 Å². The number of hydrogen-bond acceptors (Lipinski definition) is 6. The second-order valence-corrected chi connectivity index (χ2v) is 11.7. The molecule has 0 radical (unpaired) electrons. The Bertz CT molecular complexity index is 1600. The average Bonchev–Trinajstić information content (AvgIpc) is 3.45. The van der Waals surface area contributed by atoms with Crippen LogP contribution >= 0.6 is 0 Å². The lowest BCUT2D eigenvalue weighted by atomic mass is 9.80. The fourth-order valence-electron chi connectivity index (χ4n) is 6.66. The number of rotatable bonds is 9. The largest absolute Gasteiger partial charge is 0.494 e. The van der Waals surface area contributed by atoms with Gasteiger partial charge in [0.1, 0.15) is 17.4 Å². The van der Waals surface area contributed by atoms with Crippen LogP contribution in [0.5, 0.6) is 5.75 Å². The van der Waals surface area contributed by atoms with E-state index in [0.717, 1.165) is 54.4 Å². The molecular formula is C34H39FN6O2. The van der Waals surface area contributed by atoms with Crippen molar-refractivity contribution in [2.45, 2.75) is 51.4 Å². The molecule has 0 unspecified atom stereocenters. The van der Waals surface area contributed by atoms with E-state index >= 15 is 0 Å². The monoisotopic (exact) mass is 582 g/mol. The fourth-order valence-corrected chi connectivity index (χ4v) is 6.66. The molecule has 0 bridgehead atoms. The van der Waals surface area contributed by atoms with Gasteiger partial charge in [0.2, 0.25) is 11.9 Å². The zero-order valence-corrected chi connectivity index (χ0v) is 24.7. The van der Waals surface area contributed by atoms with Crippen molar-refractivity contribution < 1.29 is 13.9 Å². The maximum atomic E-state index is 13.7. The van der Waals surface area contributed by atoms with Crippen LogP contribution in [0.3, 0.4) is 0 Å². The van der Waals surface area contributed by atoms with Gasteiger partial charge in [-0.25, -0.2) is 9.37 Å². The van der Waals surface area contributed by atoms with E-state index in [4.69, 9.17) is 9.72 Å². The van der Waals surface area contributed by atoms with Gasteiger partial charge in [0.15, 0.2) is 0 Å². The van der Waals surface area contributed by atoms with Crippen molar-refractivity contribution in [2.75, 3.05) is 35.7 Å². The average molecular weight is 583 g/mol. The number of ether oxygens (including phenoxy) is 1. The molecule has 0 atom stereocenters. The molecule has 1 saturated carbocycles. The van der Waals surface area contributed by atoms with Gasteiger partial charge in [-0.3, -0.25) is 4.79 Å². The highest BCUT2D eigenvalue weighted by Gasteiger charge is 2.26. The van der Waals surface area contributed by atoms with E-state index in [1.807, 2.05) is 29.0 Å². The molecule has 1 saturated heterocycles. The maximum absolute atomic E-state index is 13.7. The first-order valence-electron chi connectivity index (χ1n) is 15.3. The van der Waals surface area contributed by atoms with E-state index in [1.165, 1.54) is 56.7 Å². The number of carbonyl (C=O) groups excluding carboxylic acids is 1. The molecule has 2 fully saturated rings. The van der Waals surface area contributed by atoms with E-state index in [-0.39, 0.29) is 11.7 Å². The number of nitrogens with zero attached hydrogens (tertiary/aromatic N) is 4. The normalized spacial score (nSPS) is 16.3.